The van der Waals surface area contributed by atoms with E-state index in [1.54, 1.807) is 0 Å². The predicted molar refractivity (Wildman–Crippen MR) is 27.3 cm³/mol. The van der Waals surface area contributed by atoms with E-state index in [4.69, 9.17) is 10.2 Å². The van der Waals surface area contributed by atoms with E-state index in [9.17, 15) is 9.59 Å². The summed E-state index contributed by atoms with van der Waals surface area (Å²) in [4.78, 5) is 26.8. The Morgan fingerprint density at radius 1 is 1.30 bits per heavy atom. The number of hydrogen-bond donors (Lipinski definition) is 2. The molecule has 0 radical (unpaired) electrons. The quantitative estimate of drug-likeness (QED) is 0.335. The molecule has 0 spiro atoms. The number of rotatable bonds is 4. The smallest absolute Gasteiger partial charge is 0.481 e. The van der Waals surface area contributed by atoms with Crippen LogP contribution in [0.5, 0.6) is 0 Å². The predicted octanol–water partition coefficient (Wildman–Crippen LogP) is 0.0873. The van der Waals surface area contributed by atoms with Crippen molar-refractivity contribution < 1.29 is 29.6 Å². The lowest BCUT2D eigenvalue weighted by Crippen LogP contribution is -2.06. The Labute approximate surface area is 55.9 Å². The Balaban J connectivity index is 3.06. The van der Waals surface area contributed by atoms with E-state index in [2.05, 4.69) is 9.78 Å². The van der Waals surface area contributed by atoms with Crippen LogP contribution in [0.25, 0.3) is 0 Å². The van der Waals surface area contributed by atoms with E-state index in [0.717, 1.165) is 0 Å². The van der Waals surface area contributed by atoms with E-state index in [1.165, 1.54) is 0 Å². The lowest BCUT2D eigenvalue weighted by Gasteiger charge is -1.95. The second-order valence-electron chi connectivity index (χ2n) is 1.31. The molecule has 10 heavy (non-hydrogen) atoms. The summed E-state index contributed by atoms with van der Waals surface area (Å²) in [6.45, 7) is -0.276. The van der Waals surface area contributed by atoms with Gasteiger partial charge in [-0.2, -0.15) is 4.89 Å². The Morgan fingerprint density at radius 2 is 1.90 bits per heavy atom. The van der Waals surface area contributed by atoms with Gasteiger partial charge in [0, 0.05) is 0 Å². The van der Waals surface area contributed by atoms with Crippen LogP contribution in [-0.2, 0) is 14.6 Å². The molecule has 0 saturated heterocycles. The molecule has 0 aromatic heterocycles. The molecule has 0 bridgehead atoms. The first-order valence-electron chi connectivity index (χ1n) is 2.37. The highest BCUT2D eigenvalue weighted by Crippen LogP contribution is 1.84. The van der Waals surface area contributed by atoms with Gasteiger partial charge in [0.2, 0.25) is 0 Å². The monoisotopic (exact) mass is 150 g/mol. The van der Waals surface area contributed by atoms with Gasteiger partial charge in [-0.25, -0.2) is 4.79 Å². The molecular weight excluding hydrogens is 144 g/mol. The minimum absolute atomic E-state index is 0.276. The summed E-state index contributed by atoms with van der Waals surface area (Å²) in [7, 11) is 0. The third-order valence-corrected chi connectivity index (χ3v) is 0.529. The SMILES string of the molecule is O=C(O)CCOOC(=O)O. The average molecular weight is 150 g/mol. The van der Waals surface area contributed by atoms with Crippen molar-refractivity contribution in [2.24, 2.45) is 0 Å². The van der Waals surface area contributed by atoms with Crippen molar-refractivity contribution in [1.29, 1.82) is 0 Å². The van der Waals surface area contributed by atoms with E-state index in [-0.39, 0.29) is 13.0 Å². The second-order valence-corrected chi connectivity index (χ2v) is 1.31. The lowest BCUT2D eigenvalue weighted by atomic mass is 10.5. The molecule has 0 aliphatic rings. The molecule has 0 saturated carbocycles. The molecule has 0 fully saturated rings. The first kappa shape index (κ1) is 8.70. The van der Waals surface area contributed by atoms with Gasteiger partial charge in [-0.3, -0.25) is 9.68 Å². The van der Waals surface area contributed by atoms with E-state index in [0.29, 0.717) is 0 Å². The molecule has 58 valence electrons. The van der Waals surface area contributed by atoms with Gasteiger partial charge in [0.05, 0.1) is 6.42 Å². The fourth-order valence-corrected chi connectivity index (χ4v) is 0.221. The van der Waals surface area contributed by atoms with Gasteiger partial charge >= 0.3 is 12.1 Å². The number of carboxylic acids is 1. The van der Waals surface area contributed by atoms with Crippen LogP contribution < -0.4 is 0 Å². The molecule has 0 atom stereocenters. The fourth-order valence-electron chi connectivity index (χ4n) is 0.221. The standard InChI is InChI=1S/C4H6O6/c5-3(6)1-2-9-10-4(7)8/h1-2H2,(H,5,6)(H,7,8). The maximum absolute atomic E-state index is 9.76. The number of carbonyl (C=O) groups is 2. The van der Waals surface area contributed by atoms with Crippen molar-refractivity contribution in [3.63, 3.8) is 0 Å². The van der Waals surface area contributed by atoms with Gasteiger partial charge in [-0.1, -0.05) is 0 Å². The lowest BCUT2D eigenvalue weighted by molar-refractivity contribution is -0.251. The zero-order valence-corrected chi connectivity index (χ0v) is 4.94. The van der Waals surface area contributed by atoms with Gasteiger partial charge in [0.25, 0.3) is 0 Å². The van der Waals surface area contributed by atoms with Crippen LogP contribution >= 0.6 is 0 Å². The van der Waals surface area contributed by atoms with Crippen molar-refractivity contribution >= 4 is 12.1 Å². The van der Waals surface area contributed by atoms with Crippen LogP contribution in [0.1, 0.15) is 6.42 Å². The molecule has 0 heterocycles. The maximum Gasteiger partial charge on any atom is 0.537 e. The molecular formula is C4H6O6. The normalized spacial score (nSPS) is 8.80. The van der Waals surface area contributed by atoms with Crippen LogP contribution in [0, 0.1) is 0 Å². The van der Waals surface area contributed by atoms with Gasteiger partial charge in [-0.05, 0) is 0 Å². The van der Waals surface area contributed by atoms with Gasteiger partial charge in [0.1, 0.15) is 6.61 Å². The minimum Gasteiger partial charge on any atom is -0.481 e. The van der Waals surface area contributed by atoms with Crippen LogP contribution in [0.15, 0.2) is 0 Å². The maximum atomic E-state index is 9.76. The second kappa shape index (κ2) is 4.57. The summed E-state index contributed by atoms with van der Waals surface area (Å²) in [6, 6.07) is 0. The summed E-state index contributed by atoms with van der Waals surface area (Å²) in [5.41, 5.74) is 0. The van der Waals surface area contributed by atoms with Crippen LogP contribution in [0.4, 0.5) is 4.79 Å². The van der Waals surface area contributed by atoms with E-state index >= 15 is 0 Å². The molecule has 0 aliphatic carbocycles. The van der Waals surface area contributed by atoms with Gasteiger partial charge in [-0.15, -0.1) is 0 Å². The zero-order chi connectivity index (χ0) is 7.98. The summed E-state index contributed by atoms with van der Waals surface area (Å²) < 4.78 is 0. The third-order valence-electron chi connectivity index (χ3n) is 0.529. The number of hydrogen-bond acceptors (Lipinski definition) is 4. The largest absolute Gasteiger partial charge is 0.537 e. The molecule has 0 amide bonds. The van der Waals surface area contributed by atoms with Crippen molar-refractivity contribution in [3.05, 3.63) is 0 Å². The molecule has 0 unspecified atom stereocenters. The van der Waals surface area contributed by atoms with Gasteiger partial charge in [0.15, 0.2) is 0 Å². The molecule has 2 N–H and O–H groups in total. The number of carboxylic acid groups (broad SMARTS) is 2. The Morgan fingerprint density at radius 3 is 2.30 bits per heavy atom. The molecule has 6 nitrogen and oxygen atoms in total. The minimum atomic E-state index is -1.59. The molecule has 0 aromatic carbocycles. The number of aliphatic carboxylic acids is 1. The fraction of sp³-hybridized carbons (Fsp3) is 0.500. The summed E-state index contributed by atoms with van der Waals surface area (Å²) in [6.07, 6.45) is -1.88. The third kappa shape index (κ3) is 6.70. The highest BCUT2D eigenvalue weighted by Gasteiger charge is 1.99. The van der Waals surface area contributed by atoms with Crippen molar-refractivity contribution in [2.75, 3.05) is 6.61 Å². The van der Waals surface area contributed by atoms with Gasteiger partial charge < -0.3 is 10.2 Å². The average Bonchev–Trinajstić information content (AvgIpc) is 1.79. The zero-order valence-electron chi connectivity index (χ0n) is 4.94. The first-order chi connectivity index (χ1) is 4.63. The molecule has 0 aliphatic heterocycles. The topological polar surface area (TPSA) is 93.1 Å². The summed E-state index contributed by atoms with van der Waals surface area (Å²) in [5.74, 6) is -1.08. The van der Waals surface area contributed by atoms with Crippen LogP contribution in [-0.4, -0.2) is 28.9 Å². The van der Waals surface area contributed by atoms with E-state index < -0.39 is 12.1 Å². The van der Waals surface area contributed by atoms with Crippen molar-refractivity contribution in [3.8, 4) is 0 Å². The highest BCUT2D eigenvalue weighted by atomic mass is 17.2. The molecule has 6 heteroatoms. The van der Waals surface area contributed by atoms with E-state index in [1.807, 2.05) is 0 Å². The Kier molecular flexibility index (Phi) is 3.97. The van der Waals surface area contributed by atoms with Crippen LogP contribution in [0.2, 0.25) is 0 Å². The Bertz CT molecular complexity index is 114. The van der Waals surface area contributed by atoms with Crippen molar-refractivity contribution in [2.45, 2.75) is 6.42 Å². The van der Waals surface area contributed by atoms with Crippen LogP contribution in [0.3, 0.4) is 0 Å². The van der Waals surface area contributed by atoms with Crippen molar-refractivity contribution in [1.82, 2.24) is 0 Å². The molecule has 0 rings (SSSR count). The summed E-state index contributed by atoms with van der Waals surface area (Å²) in [5, 5.41) is 15.8. The summed E-state index contributed by atoms with van der Waals surface area (Å²) >= 11 is 0. The Hall–Kier alpha value is -1.30. The first-order valence-corrected chi connectivity index (χ1v) is 2.37. The molecule has 0 aromatic rings. The highest BCUT2D eigenvalue weighted by molar-refractivity contribution is 5.66.